The van der Waals surface area contributed by atoms with Crippen LogP contribution in [0.5, 0.6) is 0 Å². The van der Waals surface area contributed by atoms with Gasteiger partial charge in [0, 0.05) is 7.11 Å². The fourth-order valence-corrected chi connectivity index (χ4v) is 1.30. The van der Waals surface area contributed by atoms with E-state index in [2.05, 4.69) is 0 Å². The molecule has 0 spiro atoms. The van der Waals surface area contributed by atoms with Crippen molar-refractivity contribution in [2.24, 2.45) is 11.7 Å². The third-order valence-electron chi connectivity index (χ3n) is 2.25. The normalized spacial score (nSPS) is 21.8. The molecule has 0 aromatic carbocycles. The fraction of sp³-hybridized carbons (Fsp3) is 0.875. The molecule has 1 rings (SSSR count). The lowest BCUT2D eigenvalue weighted by atomic mass is 10.1. The molecular weight excluding hydrogens is 158 g/mol. The van der Waals surface area contributed by atoms with Gasteiger partial charge in [-0.2, -0.15) is 0 Å². The lowest BCUT2D eigenvalue weighted by molar-refractivity contribution is -0.139. The van der Waals surface area contributed by atoms with Gasteiger partial charge in [-0.25, -0.2) is 0 Å². The summed E-state index contributed by atoms with van der Waals surface area (Å²) >= 11 is 0. The van der Waals surface area contributed by atoms with Crippen molar-refractivity contribution in [3.8, 4) is 0 Å². The second-order valence-corrected chi connectivity index (χ2v) is 3.29. The molecule has 1 aliphatic carbocycles. The SMILES string of the molecule is COC(C[C@H](N)C(=O)O)C1CC1. The van der Waals surface area contributed by atoms with Crippen molar-refractivity contribution in [3.63, 3.8) is 0 Å². The number of hydrogen-bond donors (Lipinski definition) is 2. The van der Waals surface area contributed by atoms with Crippen LogP contribution in [0.4, 0.5) is 0 Å². The van der Waals surface area contributed by atoms with Gasteiger partial charge in [0.2, 0.25) is 0 Å². The third kappa shape index (κ3) is 2.46. The predicted octanol–water partition coefficient (Wildman–Crippen LogP) is 0.213. The molecule has 1 saturated carbocycles. The van der Waals surface area contributed by atoms with Crippen molar-refractivity contribution >= 4 is 5.97 Å². The first-order valence-corrected chi connectivity index (χ1v) is 4.16. The first-order chi connectivity index (χ1) is 5.65. The lowest BCUT2D eigenvalue weighted by Crippen LogP contribution is -2.35. The molecule has 2 atom stereocenters. The summed E-state index contributed by atoms with van der Waals surface area (Å²) in [5.41, 5.74) is 5.38. The van der Waals surface area contributed by atoms with E-state index in [1.165, 1.54) is 0 Å². The number of carboxylic acid groups (broad SMARTS) is 1. The van der Waals surface area contributed by atoms with Gasteiger partial charge < -0.3 is 15.6 Å². The average Bonchev–Trinajstić information content (AvgIpc) is 2.82. The summed E-state index contributed by atoms with van der Waals surface area (Å²) < 4.78 is 5.15. The van der Waals surface area contributed by atoms with Crippen molar-refractivity contribution < 1.29 is 14.6 Å². The summed E-state index contributed by atoms with van der Waals surface area (Å²) in [6, 6.07) is -0.782. The molecule has 0 amide bonds. The average molecular weight is 173 g/mol. The highest BCUT2D eigenvalue weighted by Gasteiger charge is 2.33. The van der Waals surface area contributed by atoms with Gasteiger partial charge in [0.25, 0.3) is 0 Å². The highest BCUT2D eigenvalue weighted by Crippen LogP contribution is 2.35. The molecule has 4 nitrogen and oxygen atoms in total. The Bertz CT molecular complexity index is 168. The van der Waals surface area contributed by atoms with Gasteiger partial charge in [-0.3, -0.25) is 4.79 Å². The van der Waals surface area contributed by atoms with E-state index in [1.54, 1.807) is 7.11 Å². The van der Waals surface area contributed by atoms with Crippen LogP contribution < -0.4 is 5.73 Å². The Morgan fingerprint density at radius 1 is 1.75 bits per heavy atom. The van der Waals surface area contributed by atoms with E-state index in [9.17, 15) is 4.79 Å². The Morgan fingerprint density at radius 3 is 2.67 bits per heavy atom. The van der Waals surface area contributed by atoms with Gasteiger partial charge in [-0.15, -0.1) is 0 Å². The van der Waals surface area contributed by atoms with E-state index in [4.69, 9.17) is 15.6 Å². The Labute approximate surface area is 71.7 Å². The number of carbonyl (C=O) groups is 1. The molecule has 1 aliphatic rings. The molecule has 0 saturated heterocycles. The molecular formula is C8H15NO3. The molecule has 0 heterocycles. The molecule has 0 radical (unpaired) electrons. The number of ether oxygens (including phenoxy) is 1. The molecule has 3 N–H and O–H groups in total. The first-order valence-electron chi connectivity index (χ1n) is 4.16. The van der Waals surface area contributed by atoms with Gasteiger partial charge in [-0.05, 0) is 25.2 Å². The van der Waals surface area contributed by atoms with Gasteiger partial charge in [0.1, 0.15) is 6.04 Å². The van der Waals surface area contributed by atoms with Crippen LogP contribution in [-0.2, 0) is 9.53 Å². The van der Waals surface area contributed by atoms with Crippen LogP contribution in [0, 0.1) is 5.92 Å². The molecule has 0 aliphatic heterocycles. The zero-order chi connectivity index (χ0) is 9.14. The number of nitrogens with two attached hydrogens (primary N) is 1. The van der Waals surface area contributed by atoms with Crippen molar-refractivity contribution in [3.05, 3.63) is 0 Å². The Balaban J connectivity index is 2.30. The molecule has 1 unspecified atom stereocenters. The number of rotatable bonds is 5. The maximum atomic E-state index is 10.4. The summed E-state index contributed by atoms with van der Waals surface area (Å²) in [7, 11) is 1.61. The summed E-state index contributed by atoms with van der Waals surface area (Å²) in [4.78, 5) is 10.4. The maximum Gasteiger partial charge on any atom is 0.320 e. The Kier molecular flexibility index (Phi) is 3.05. The number of hydrogen-bond acceptors (Lipinski definition) is 3. The van der Waals surface area contributed by atoms with E-state index in [-0.39, 0.29) is 6.10 Å². The monoisotopic (exact) mass is 173 g/mol. The van der Waals surface area contributed by atoms with Crippen LogP contribution in [-0.4, -0.2) is 30.3 Å². The van der Waals surface area contributed by atoms with Crippen LogP contribution >= 0.6 is 0 Å². The van der Waals surface area contributed by atoms with E-state index in [0.29, 0.717) is 12.3 Å². The minimum absolute atomic E-state index is 0.0381. The predicted molar refractivity (Wildman–Crippen MR) is 43.7 cm³/mol. The molecule has 0 aromatic rings. The van der Waals surface area contributed by atoms with Crippen molar-refractivity contribution in [1.82, 2.24) is 0 Å². The first kappa shape index (κ1) is 9.48. The summed E-state index contributed by atoms with van der Waals surface area (Å²) in [5, 5.41) is 8.55. The minimum atomic E-state index is -0.947. The van der Waals surface area contributed by atoms with Crippen LogP contribution in [0.3, 0.4) is 0 Å². The Morgan fingerprint density at radius 2 is 2.33 bits per heavy atom. The molecule has 4 heteroatoms. The highest BCUT2D eigenvalue weighted by molar-refractivity contribution is 5.73. The van der Waals surface area contributed by atoms with Gasteiger partial charge in [0.05, 0.1) is 6.10 Å². The zero-order valence-electron chi connectivity index (χ0n) is 7.19. The standard InChI is InChI=1S/C8H15NO3/c1-12-7(5-2-3-5)4-6(9)8(10)11/h5-7H,2-4,9H2,1H3,(H,10,11)/t6-,7?/m0/s1. The van der Waals surface area contributed by atoms with E-state index in [0.717, 1.165) is 12.8 Å². The van der Waals surface area contributed by atoms with E-state index in [1.807, 2.05) is 0 Å². The largest absolute Gasteiger partial charge is 0.480 e. The molecule has 12 heavy (non-hydrogen) atoms. The maximum absolute atomic E-state index is 10.4. The van der Waals surface area contributed by atoms with Crippen LogP contribution in [0.1, 0.15) is 19.3 Å². The molecule has 0 bridgehead atoms. The van der Waals surface area contributed by atoms with Crippen LogP contribution in [0.25, 0.3) is 0 Å². The van der Waals surface area contributed by atoms with Gasteiger partial charge in [-0.1, -0.05) is 0 Å². The number of aliphatic carboxylic acids is 1. The second kappa shape index (κ2) is 3.87. The minimum Gasteiger partial charge on any atom is -0.480 e. The van der Waals surface area contributed by atoms with Crippen molar-refractivity contribution in [2.75, 3.05) is 7.11 Å². The van der Waals surface area contributed by atoms with Crippen LogP contribution in [0.2, 0.25) is 0 Å². The van der Waals surface area contributed by atoms with E-state index < -0.39 is 12.0 Å². The molecule has 1 fully saturated rings. The smallest absolute Gasteiger partial charge is 0.320 e. The number of methoxy groups -OCH3 is 1. The van der Waals surface area contributed by atoms with Gasteiger partial charge in [0.15, 0.2) is 0 Å². The summed E-state index contributed by atoms with van der Waals surface area (Å²) in [6.07, 6.45) is 2.75. The van der Waals surface area contributed by atoms with E-state index >= 15 is 0 Å². The second-order valence-electron chi connectivity index (χ2n) is 3.29. The molecule has 0 aromatic heterocycles. The van der Waals surface area contributed by atoms with Crippen LogP contribution in [0.15, 0.2) is 0 Å². The molecule has 70 valence electrons. The lowest BCUT2D eigenvalue weighted by Gasteiger charge is -2.16. The quantitative estimate of drug-likeness (QED) is 0.623. The fourth-order valence-electron chi connectivity index (χ4n) is 1.30. The van der Waals surface area contributed by atoms with Gasteiger partial charge >= 0.3 is 5.97 Å². The topological polar surface area (TPSA) is 72.5 Å². The highest BCUT2D eigenvalue weighted by atomic mass is 16.5. The zero-order valence-corrected chi connectivity index (χ0v) is 7.19. The summed E-state index contributed by atoms with van der Waals surface area (Å²) in [5.74, 6) is -0.405. The van der Waals surface area contributed by atoms with Crippen molar-refractivity contribution in [2.45, 2.75) is 31.4 Å². The number of carboxylic acids is 1. The third-order valence-corrected chi connectivity index (χ3v) is 2.25. The summed E-state index contributed by atoms with van der Waals surface area (Å²) in [6.45, 7) is 0. The van der Waals surface area contributed by atoms with Crippen molar-refractivity contribution in [1.29, 1.82) is 0 Å². The Hall–Kier alpha value is -0.610.